The molecule has 0 saturated heterocycles. The van der Waals surface area contributed by atoms with Crippen LogP contribution in [0, 0.1) is 11.8 Å². The van der Waals surface area contributed by atoms with E-state index in [9.17, 15) is 14.4 Å². The number of carbonyl (C=O) groups is 3. The molecule has 2 aliphatic carbocycles. The van der Waals surface area contributed by atoms with Crippen LogP contribution in [0.15, 0.2) is 60.7 Å². The van der Waals surface area contributed by atoms with Gasteiger partial charge in [-0.1, -0.05) is 73.5 Å². The van der Waals surface area contributed by atoms with Crippen molar-refractivity contribution in [2.45, 2.75) is 76.8 Å². The highest BCUT2D eigenvalue weighted by Crippen LogP contribution is 2.31. The van der Waals surface area contributed by atoms with Gasteiger partial charge < -0.3 is 18.9 Å². The first-order valence-corrected chi connectivity index (χ1v) is 12.9. The second-order valence-electron chi connectivity index (χ2n) is 9.53. The minimum atomic E-state index is -0.837. The Hall–Kier alpha value is -3.35. The van der Waals surface area contributed by atoms with E-state index >= 15 is 0 Å². The highest BCUT2D eigenvalue weighted by Gasteiger charge is 2.38. The van der Waals surface area contributed by atoms with Crippen molar-refractivity contribution in [3.63, 3.8) is 0 Å². The SMILES string of the molecule is O=C(OC1CCCCC1C(=O)OCc1ccccc1)OC1CCCCC1C(=O)OCc1ccccc1. The van der Waals surface area contributed by atoms with Crippen molar-refractivity contribution in [2.75, 3.05) is 0 Å². The lowest BCUT2D eigenvalue weighted by molar-refractivity contribution is -0.158. The van der Waals surface area contributed by atoms with E-state index in [0.717, 1.165) is 36.8 Å². The summed E-state index contributed by atoms with van der Waals surface area (Å²) < 4.78 is 22.3. The van der Waals surface area contributed by atoms with E-state index in [1.807, 2.05) is 60.7 Å². The molecule has 192 valence electrons. The standard InChI is InChI=1S/C29H34O7/c30-27(33-19-21-11-3-1-4-12-21)23-15-7-9-17-25(23)35-29(32)36-26-18-10-8-16-24(26)28(31)34-20-22-13-5-2-6-14-22/h1-6,11-14,23-26H,7-10,15-20H2. The molecular weight excluding hydrogens is 460 g/mol. The van der Waals surface area contributed by atoms with Gasteiger partial charge in [-0.25, -0.2) is 4.79 Å². The minimum absolute atomic E-state index is 0.183. The summed E-state index contributed by atoms with van der Waals surface area (Å²) in [6, 6.07) is 18.9. The molecule has 2 fully saturated rings. The molecule has 0 aliphatic heterocycles. The zero-order chi connectivity index (χ0) is 25.2. The van der Waals surface area contributed by atoms with Gasteiger partial charge in [0.25, 0.3) is 0 Å². The molecule has 0 spiro atoms. The van der Waals surface area contributed by atoms with E-state index in [1.165, 1.54) is 0 Å². The topological polar surface area (TPSA) is 88.1 Å². The Bertz CT molecular complexity index is 912. The first-order chi connectivity index (χ1) is 17.6. The maximum atomic E-state index is 12.8. The van der Waals surface area contributed by atoms with E-state index in [4.69, 9.17) is 18.9 Å². The summed E-state index contributed by atoms with van der Waals surface area (Å²) in [6.07, 6.45) is 3.79. The number of hydrogen-bond donors (Lipinski definition) is 0. The average Bonchev–Trinajstić information content (AvgIpc) is 2.92. The number of ether oxygens (including phenoxy) is 4. The summed E-state index contributed by atoms with van der Waals surface area (Å²) in [5.41, 5.74) is 1.81. The minimum Gasteiger partial charge on any atom is -0.460 e. The van der Waals surface area contributed by atoms with E-state index in [-0.39, 0.29) is 25.2 Å². The van der Waals surface area contributed by atoms with Crippen LogP contribution in [-0.2, 0) is 41.8 Å². The van der Waals surface area contributed by atoms with Crippen molar-refractivity contribution < 1.29 is 33.3 Å². The largest absolute Gasteiger partial charge is 0.508 e. The van der Waals surface area contributed by atoms with Crippen molar-refractivity contribution in [1.82, 2.24) is 0 Å². The quantitative estimate of drug-likeness (QED) is 0.341. The van der Waals surface area contributed by atoms with Crippen LogP contribution in [0.2, 0.25) is 0 Å². The van der Waals surface area contributed by atoms with Crippen LogP contribution in [0.5, 0.6) is 0 Å². The van der Waals surface area contributed by atoms with Crippen molar-refractivity contribution >= 4 is 18.1 Å². The normalized spacial score (nSPS) is 23.8. The summed E-state index contributed by atoms with van der Waals surface area (Å²) >= 11 is 0. The number of esters is 2. The Morgan fingerprint density at radius 1 is 0.583 bits per heavy atom. The van der Waals surface area contributed by atoms with Crippen molar-refractivity contribution in [3.05, 3.63) is 71.8 Å². The fourth-order valence-electron chi connectivity index (χ4n) is 4.96. The van der Waals surface area contributed by atoms with Gasteiger partial charge in [0, 0.05) is 0 Å². The van der Waals surface area contributed by atoms with E-state index in [2.05, 4.69) is 0 Å². The van der Waals surface area contributed by atoms with Gasteiger partial charge in [-0.15, -0.1) is 0 Å². The van der Waals surface area contributed by atoms with E-state index in [1.54, 1.807) is 0 Å². The molecule has 2 aromatic rings. The second kappa shape index (κ2) is 13.1. The fraction of sp³-hybridized carbons (Fsp3) is 0.483. The lowest BCUT2D eigenvalue weighted by Gasteiger charge is -2.32. The summed E-state index contributed by atoms with van der Waals surface area (Å²) in [6.45, 7) is 0.365. The van der Waals surface area contributed by atoms with Crippen LogP contribution in [-0.4, -0.2) is 30.3 Å². The summed E-state index contributed by atoms with van der Waals surface area (Å²) in [5, 5.41) is 0. The molecule has 7 heteroatoms. The van der Waals surface area contributed by atoms with Gasteiger partial charge in [0.05, 0.1) is 11.8 Å². The molecule has 4 rings (SSSR count). The Morgan fingerprint density at radius 3 is 1.39 bits per heavy atom. The van der Waals surface area contributed by atoms with E-state index < -0.39 is 30.2 Å². The predicted octanol–water partition coefficient (Wildman–Crippen LogP) is 5.74. The third-order valence-corrected chi connectivity index (χ3v) is 6.95. The van der Waals surface area contributed by atoms with Crippen LogP contribution in [0.1, 0.15) is 62.5 Å². The van der Waals surface area contributed by atoms with Gasteiger partial charge >= 0.3 is 18.1 Å². The zero-order valence-corrected chi connectivity index (χ0v) is 20.5. The average molecular weight is 495 g/mol. The lowest BCUT2D eigenvalue weighted by atomic mass is 9.86. The third-order valence-electron chi connectivity index (χ3n) is 6.95. The van der Waals surface area contributed by atoms with Crippen molar-refractivity contribution in [2.24, 2.45) is 11.8 Å². The van der Waals surface area contributed by atoms with Crippen LogP contribution >= 0.6 is 0 Å². The van der Waals surface area contributed by atoms with Crippen LogP contribution < -0.4 is 0 Å². The van der Waals surface area contributed by atoms with Crippen LogP contribution in [0.3, 0.4) is 0 Å². The third kappa shape index (κ3) is 7.33. The van der Waals surface area contributed by atoms with Crippen molar-refractivity contribution in [1.29, 1.82) is 0 Å². The Morgan fingerprint density at radius 2 is 0.972 bits per heavy atom. The highest BCUT2D eigenvalue weighted by molar-refractivity contribution is 5.75. The molecule has 0 N–H and O–H groups in total. The highest BCUT2D eigenvalue weighted by atomic mass is 16.7. The van der Waals surface area contributed by atoms with Crippen LogP contribution in [0.25, 0.3) is 0 Å². The molecular formula is C29H34O7. The summed E-state index contributed by atoms with van der Waals surface area (Å²) in [5.74, 6) is -1.77. The molecule has 2 saturated carbocycles. The molecule has 0 bridgehead atoms. The monoisotopic (exact) mass is 494 g/mol. The Labute approximate surface area is 212 Å². The van der Waals surface area contributed by atoms with Crippen LogP contribution in [0.4, 0.5) is 4.79 Å². The smallest absolute Gasteiger partial charge is 0.460 e. The zero-order valence-electron chi connectivity index (χ0n) is 20.5. The molecule has 4 atom stereocenters. The van der Waals surface area contributed by atoms with Gasteiger partial charge in [-0.05, 0) is 49.7 Å². The molecule has 7 nitrogen and oxygen atoms in total. The first-order valence-electron chi connectivity index (χ1n) is 12.9. The Kier molecular flexibility index (Phi) is 9.36. The number of hydrogen-bond acceptors (Lipinski definition) is 7. The number of carbonyl (C=O) groups excluding carboxylic acids is 3. The second-order valence-corrected chi connectivity index (χ2v) is 9.53. The van der Waals surface area contributed by atoms with Gasteiger partial charge in [-0.3, -0.25) is 9.59 Å². The van der Waals surface area contributed by atoms with Gasteiger partial charge in [0.2, 0.25) is 0 Å². The molecule has 0 amide bonds. The van der Waals surface area contributed by atoms with Gasteiger partial charge in [0.15, 0.2) is 0 Å². The van der Waals surface area contributed by atoms with Crippen molar-refractivity contribution in [3.8, 4) is 0 Å². The lowest BCUT2D eigenvalue weighted by Crippen LogP contribution is -2.40. The summed E-state index contributed by atoms with van der Waals surface area (Å²) in [4.78, 5) is 38.3. The molecule has 2 aliphatic rings. The van der Waals surface area contributed by atoms with Gasteiger partial charge in [-0.2, -0.15) is 0 Å². The first kappa shape index (κ1) is 25.7. The maximum Gasteiger partial charge on any atom is 0.508 e. The predicted molar refractivity (Wildman–Crippen MR) is 132 cm³/mol. The summed E-state index contributed by atoms with van der Waals surface area (Å²) in [7, 11) is 0. The molecule has 2 aromatic carbocycles. The number of benzene rings is 2. The maximum absolute atomic E-state index is 12.8. The molecule has 36 heavy (non-hydrogen) atoms. The molecule has 0 radical (unpaired) electrons. The molecule has 4 unspecified atom stereocenters. The Balaban J connectivity index is 1.29. The number of rotatable bonds is 8. The van der Waals surface area contributed by atoms with E-state index in [0.29, 0.717) is 25.7 Å². The molecule has 0 heterocycles. The van der Waals surface area contributed by atoms with Gasteiger partial charge in [0.1, 0.15) is 25.4 Å². The molecule has 0 aromatic heterocycles. The fourth-order valence-corrected chi connectivity index (χ4v) is 4.96.